The topological polar surface area (TPSA) is 67.2 Å². The van der Waals surface area contributed by atoms with Gasteiger partial charge in [-0.2, -0.15) is 0 Å². The van der Waals surface area contributed by atoms with Crippen LogP contribution >= 0.6 is 0 Å². The number of carbonyl (C=O) groups is 2. The predicted octanol–water partition coefficient (Wildman–Crippen LogP) is 0.399. The maximum atomic E-state index is 12.2. The number of rotatable bonds is 4. The van der Waals surface area contributed by atoms with Crippen molar-refractivity contribution in [2.24, 2.45) is 0 Å². The van der Waals surface area contributed by atoms with Crippen molar-refractivity contribution < 1.29 is 9.59 Å². The van der Waals surface area contributed by atoms with Gasteiger partial charge in [0.2, 0.25) is 11.8 Å². The molecule has 6 heteroatoms. The Morgan fingerprint density at radius 2 is 2.11 bits per heavy atom. The molecule has 1 aromatic heterocycles. The van der Waals surface area contributed by atoms with Crippen LogP contribution in [0.5, 0.6) is 0 Å². The highest BCUT2D eigenvalue weighted by Gasteiger charge is 2.44. The number of aromatic nitrogens is 2. The zero-order chi connectivity index (χ0) is 14.0. The molecule has 104 valence electrons. The highest BCUT2D eigenvalue weighted by Crippen LogP contribution is 2.21. The van der Waals surface area contributed by atoms with Gasteiger partial charge in [-0.15, -0.1) is 0 Å². The van der Waals surface area contributed by atoms with Crippen molar-refractivity contribution in [1.82, 2.24) is 19.8 Å². The van der Waals surface area contributed by atoms with Gasteiger partial charge in [0.15, 0.2) is 0 Å². The molecule has 0 spiro atoms. The molecule has 1 unspecified atom stereocenters. The molecule has 2 amide bonds. The number of imidazole rings is 1. The van der Waals surface area contributed by atoms with E-state index < -0.39 is 11.6 Å². The maximum absolute atomic E-state index is 12.2. The summed E-state index contributed by atoms with van der Waals surface area (Å²) in [5.74, 6) is -0.113. The Labute approximate surface area is 112 Å². The van der Waals surface area contributed by atoms with Gasteiger partial charge in [-0.05, 0) is 27.2 Å². The van der Waals surface area contributed by atoms with Crippen LogP contribution in [0.3, 0.4) is 0 Å². The minimum absolute atomic E-state index is 0.0183. The second-order valence-corrected chi connectivity index (χ2v) is 5.40. The number of piperazine rings is 1. The summed E-state index contributed by atoms with van der Waals surface area (Å²) in [5, 5.41) is 2.71. The molecule has 0 aliphatic carbocycles. The van der Waals surface area contributed by atoms with Gasteiger partial charge in [0.25, 0.3) is 0 Å². The normalized spacial score (nSPS) is 22.5. The van der Waals surface area contributed by atoms with Gasteiger partial charge in [0.05, 0.1) is 6.33 Å². The van der Waals surface area contributed by atoms with Crippen molar-refractivity contribution in [2.45, 2.75) is 45.3 Å². The van der Waals surface area contributed by atoms with Crippen molar-refractivity contribution in [1.29, 1.82) is 0 Å². The van der Waals surface area contributed by atoms with Gasteiger partial charge in [-0.3, -0.25) is 9.59 Å². The van der Waals surface area contributed by atoms with E-state index in [2.05, 4.69) is 10.3 Å². The molecule has 6 nitrogen and oxygen atoms in total. The van der Waals surface area contributed by atoms with Crippen LogP contribution in [0.4, 0.5) is 0 Å². The van der Waals surface area contributed by atoms with Crippen LogP contribution in [0, 0.1) is 0 Å². The van der Waals surface area contributed by atoms with E-state index in [9.17, 15) is 9.59 Å². The van der Waals surface area contributed by atoms with Crippen LogP contribution < -0.4 is 5.32 Å². The lowest BCUT2D eigenvalue weighted by atomic mass is 9.96. The molecule has 0 bridgehead atoms. The molecule has 2 heterocycles. The second-order valence-electron chi connectivity index (χ2n) is 5.40. The zero-order valence-corrected chi connectivity index (χ0v) is 11.6. The molecule has 0 radical (unpaired) electrons. The van der Waals surface area contributed by atoms with Crippen LogP contribution in [0.15, 0.2) is 18.7 Å². The summed E-state index contributed by atoms with van der Waals surface area (Å²) in [5.41, 5.74) is -0.779. The van der Waals surface area contributed by atoms with E-state index in [1.807, 2.05) is 10.8 Å². The van der Waals surface area contributed by atoms with E-state index in [0.29, 0.717) is 6.54 Å². The maximum Gasteiger partial charge on any atom is 0.246 e. The second kappa shape index (κ2) is 5.03. The molecule has 1 aliphatic heterocycles. The first-order chi connectivity index (χ1) is 8.93. The first-order valence-corrected chi connectivity index (χ1v) is 6.51. The van der Waals surface area contributed by atoms with E-state index in [1.165, 1.54) is 0 Å². The third kappa shape index (κ3) is 2.62. The van der Waals surface area contributed by atoms with Crippen molar-refractivity contribution in [2.75, 3.05) is 6.54 Å². The zero-order valence-electron chi connectivity index (χ0n) is 11.6. The SMILES string of the molecule is CC1NC(=O)C(C)(C)N(CCCn2ccnc2)C1=O. The van der Waals surface area contributed by atoms with Gasteiger partial charge in [-0.25, -0.2) is 4.98 Å². The first kappa shape index (κ1) is 13.6. The van der Waals surface area contributed by atoms with E-state index in [-0.39, 0.29) is 11.8 Å². The largest absolute Gasteiger partial charge is 0.343 e. The Hall–Kier alpha value is -1.85. The number of aryl methyl sites for hydroxylation is 1. The number of hydrogen-bond donors (Lipinski definition) is 1. The Bertz CT molecular complexity index is 467. The van der Waals surface area contributed by atoms with Crippen molar-refractivity contribution in [3.05, 3.63) is 18.7 Å². The first-order valence-electron chi connectivity index (χ1n) is 6.51. The fraction of sp³-hybridized carbons (Fsp3) is 0.615. The molecule has 1 saturated heterocycles. The number of nitrogens with one attached hydrogen (secondary N) is 1. The van der Waals surface area contributed by atoms with Crippen LogP contribution in [0.1, 0.15) is 27.2 Å². The summed E-state index contributed by atoms with van der Waals surface area (Å²) in [6.45, 7) is 6.64. The monoisotopic (exact) mass is 264 g/mol. The molecule has 1 fully saturated rings. The number of nitrogens with zero attached hydrogens (tertiary/aromatic N) is 3. The fourth-order valence-electron chi connectivity index (χ4n) is 2.29. The minimum atomic E-state index is -0.779. The minimum Gasteiger partial charge on any atom is -0.343 e. The summed E-state index contributed by atoms with van der Waals surface area (Å²) >= 11 is 0. The highest BCUT2D eigenvalue weighted by molar-refractivity contribution is 5.99. The van der Waals surface area contributed by atoms with Crippen molar-refractivity contribution >= 4 is 11.8 Å². The predicted molar refractivity (Wildman–Crippen MR) is 70.2 cm³/mol. The lowest BCUT2D eigenvalue weighted by Crippen LogP contribution is -2.67. The number of carbonyl (C=O) groups excluding carboxylic acids is 2. The molecule has 19 heavy (non-hydrogen) atoms. The third-order valence-electron chi connectivity index (χ3n) is 3.57. The standard InChI is InChI=1S/C13H20N4O2/c1-10-11(18)17(13(2,3)12(19)15-10)7-4-6-16-8-5-14-9-16/h5,8-10H,4,6-7H2,1-3H3,(H,15,19). The summed E-state index contributed by atoms with van der Waals surface area (Å²) in [7, 11) is 0. The van der Waals surface area contributed by atoms with Gasteiger partial charge in [-0.1, -0.05) is 0 Å². The van der Waals surface area contributed by atoms with Gasteiger partial charge >= 0.3 is 0 Å². The average Bonchev–Trinajstić information content (AvgIpc) is 2.84. The van der Waals surface area contributed by atoms with E-state index in [4.69, 9.17) is 0 Å². The Kier molecular flexibility index (Phi) is 3.59. The smallest absolute Gasteiger partial charge is 0.246 e. The molecule has 1 aliphatic rings. The number of amides is 2. The Morgan fingerprint density at radius 1 is 1.37 bits per heavy atom. The van der Waals surface area contributed by atoms with Gasteiger partial charge in [0, 0.05) is 25.5 Å². The Balaban J connectivity index is 1.99. The lowest BCUT2D eigenvalue weighted by Gasteiger charge is -2.43. The molecule has 0 saturated carbocycles. The fourth-order valence-corrected chi connectivity index (χ4v) is 2.29. The van der Waals surface area contributed by atoms with Crippen molar-refractivity contribution in [3.8, 4) is 0 Å². The molecule has 2 rings (SSSR count). The van der Waals surface area contributed by atoms with Crippen LogP contribution in [0.25, 0.3) is 0 Å². The summed E-state index contributed by atoms with van der Waals surface area (Å²) in [6, 6.07) is -0.436. The molecule has 0 aromatic carbocycles. The molecule has 1 atom stereocenters. The van der Waals surface area contributed by atoms with Crippen LogP contribution in [-0.2, 0) is 16.1 Å². The molecular weight excluding hydrogens is 244 g/mol. The van der Waals surface area contributed by atoms with E-state index >= 15 is 0 Å². The summed E-state index contributed by atoms with van der Waals surface area (Å²) < 4.78 is 1.96. The summed E-state index contributed by atoms with van der Waals surface area (Å²) in [4.78, 5) is 29.8. The lowest BCUT2D eigenvalue weighted by molar-refractivity contribution is -0.154. The van der Waals surface area contributed by atoms with E-state index in [0.717, 1.165) is 13.0 Å². The highest BCUT2D eigenvalue weighted by atomic mass is 16.2. The van der Waals surface area contributed by atoms with Gasteiger partial charge < -0.3 is 14.8 Å². The van der Waals surface area contributed by atoms with Gasteiger partial charge in [0.1, 0.15) is 11.6 Å². The Morgan fingerprint density at radius 3 is 2.74 bits per heavy atom. The van der Waals surface area contributed by atoms with E-state index in [1.54, 1.807) is 38.2 Å². The quantitative estimate of drug-likeness (QED) is 0.856. The third-order valence-corrected chi connectivity index (χ3v) is 3.57. The molecule has 1 aromatic rings. The molecule has 1 N–H and O–H groups in total. The summed E-state index contributed by atoms with van der Waals surface area (Å²) in [6.07, 6.45) is 6.16. The van der Waals surface area contributed by atoms with Crippen LogP contribution in [-0.4, -0.2) is 44.4 Å². The number of hydrogen-bond acceptors (Lipinski definition) is 3. The molecular formula is C13H20N4O2. The average molecular weight is 264 g/mol. The van der Waals surface area contributed by atoms with Crippen molar-refractivity contribution in [3.63, 3.8) is 0 Å². The van der Waals surface area contributed by atoms with Crippen LogP contribution in [0.2, 0.25) is 0 Å².